The molecule has 0 fully saturated rings. The SMILES string of the molecule is COC(=O)c1ccc(N(C)c2ncnc(C)c2C#Cc2ccc(C(F)(F)F)cc2)o1. The third kappa shape index (κ3) is 4.43. The van der Waals surface area contributed by atoms with Crippen molar-refractivity contribution < 1.29 is 27.1 Å². The van der Waals surface area contributed by atoms with Crippen LogP contribution in [0.5, 0.6) is 0 Å². The van der Waals surface area contributed by atoms with Crippen LogP contribution >= 0.6 is 0 Å². The Bertz CT molecular complexity index is 1130. The van der Waals surface area contributed by atoms with E-state index in [2.05, 4.69) is 26.5 Å². The normalized spacial score (nSPS) is 10.9. The third-order valence-electron chi connectivity index (χ3n) is 4.19. The number of alkyl halides is 3. The van der Waals surface area contributed by atoms with Crippen molar-refractivity contribution in [2.75, 3.05) is 19.1 Å². The number of hydrogen-bond acceptors (Lipinski definition) is 6. The van der Waals surface area contributed by atoms with E-state index >= 15 is 0 Å². The predicted octanol–water partition coefficient (Wildman–Crippen LogP) is 4.35. The van der Waals surface area contributed by atoms with E-state index in [0.29, 0.717) is 28.5 Å². The second-order valence-electron chi connectivity index (χ2n) is 6.17. The molecule has 2 heterocycles. The van der Waals surface area contributed by atoms with Crippen molar-refractivity contribution in [3.05, 3.63) is 70.9 Å². The number of hydrogen-bond donors (Lipinski definition) is 0. The first-order chi connectivity index (χ1) is 14.2. The van der Waals surface area contributed by atoms with Gasteiger partial charge in [-0.05, 0) is 37.3 Å². The largest absolute Gasteiger partial charge is 0.463 e. The standard InChI is InChI=1S/C21H16F3N3O3/c1-13-16(9-6-14-4-7-15(8-5-14)21(22,23)24)19(26-12-25-13)27(2)18-11-10-17(30-18)20(28)29-3/h4-5,7-8,10-12H,1-3H3. The fourth-order valence-electron chi connectivity index (χ4n) is 2.56. The van der Waals surface area contributed by atoms with E-state index in [4.69, 9.17) is 4.42 Å². The van der Waals surface area contributed by atoms with Crippen LogP contribution in [-0.4, -0.2) is 30.1 Å². The van der Waals surface area contributed by atoms with Crippen LogP contribution in [0.25, 0.3) is 0 Å². The van der Waals surface area contributed by atoms with E-state index in [-0.39, 0.29) is 5.76 Å². The molecule has 9 heteroatoms. The molecule has 30 heavy (non-hydrogen) atoms. The molecule has 6 nitrogen and oxygen atoms in total. The number of carbonyl (C=O) groups is 1. The van der Waals surface area contributed by atoms with E-state index in [1.165, 1.54) is 31.6 Å². The van der Waals surface area contributed by atoms with Gasteiger partial charge in [0.25, 0.3) is 0 Å². The Morgan fingerprint density at radius 3 is 2.43 bits per heavy atom. The summed E-state index contributed by atoms with van der Waals surface area (Å²) in [5.74, 6) is 5.90. The molecule has 2 aromatic heterocycles. The number of methoxy groups -OCH3 is 1. The molecule has 1 aromatic carbocycles. The molecule has 0 bridgehead atoms. The molecular weight excluding hydrogens is 399 g/mol. The van der Waals surface area contributed by atoms with Crippen molar-refractivity contribution in [1.82, 2.24) is 9.97 Å². The molecule has 3 aromatic rings. The molecule has 0 aliphatic rings. The van der Waals surface area contributed by atoms with Crippen molar-refractivity contribution in [3.8, 4) is 11.8 Å². The van der Waals surface area contributed by atoms with Gasteiger partial charge in [-0.15, -0.1) is 0 Å². The maximum Gasteiger partial charge on any atom is 0.416 e. The summed E-state index contributed by atoms with van der Waals surface area (Å²) in [6.07, 6.45) is -3.05. The molecule has 0 radical (unpaired) electrons. The summed E-state index contributed by atoms with van der Waals surface area (Å²) in [5.41, 5.74) is 0.708. The van der Waals surface area contributed by atoms with Gasteiger partial charge in [-0.2, -0.15) is 13.2 Å². The van der Waals surface area contributed by atoms with E-state index in [1.807, 2.05) is 0 Å². The summed E-state index contributed by atoms with van der Waals surface area (Å²) in [6.45, 7) is 1.73. The highest BCUT2D eigenvalue weighted by molar-refractivity contribution is 5.86. The Hall–Kier alpha value is -3.80. The first-order valence-corrected chi connectivity index (χ1v) is 8.63. The molecule has 0 atom stereocenters. The zero-order valence-electron chi connectivity index (χ0n) is 16.2. The molecule has 0 unspecified atom stereocenters. The van der Waals surface area contributed by atoms with Crippen molar-refractivity contribution in [2.45, 2.75) is 13.1 Å². The van der Waals surface area contributed by atoms with Crippen LogP contribution in [0.4, 0.5) is 24.9 Å². The lowest BCUT2D eigenvalue weighted by atomic mass is 10.1. The summed E-state index contributed by atoms with van der Waals surface area (Å²) in [6, 6.07) is 7.60. The maximum absolute atomic E-state index is 12.7. The highest BCUT2D eigenvalue weighted by atomic mass is 19.4. The lowest BCUT2D eigenvalue weighted by molar-refractivity contribution is -0.137. The van der Waals surface area contributed by atoms with Crippen molar-refractivity contribution in [1.29, 1.82) is 0 Å². The van der Waals surface area contributed by atoms with Gasteiger partial charge < -0.3 is 9.15 Å². The number of benzene rings is 1. The van der Waals surface area contributed by atoms with Gasteiger partial charge in [0.1, 0.15) is 6.33 Å². The number of ether oxygens (including phenoxy) is 1. The average Bonchev–Trinajstić information content (AvgIpc) is 3.21. The highest BCUT2D eigenvalue weighted by Gasteiger charge is 2.29. The van der Waals surface area contributed by atoms with Crippen LogP contribution in [-0.2, 0) is 10.9 Å². The first-order valence-electron chi connectivity index (χ1n) is 8.63. The maximum atomic E-state index is 12.7. The summed E-state index contributed by atoms with van der Waals surface area (Å²) >= 11 is 0. The second-order valence-corrected chi connectivity index (χ2v) is 6.17. The minimum atomic E-state index is -4.40. The Morgan fingerprint density at radius 1 is 1.10 bits per heavy atom. The average molecular weight is 415 g/mol. The van der Waals surface area contributed by atoms with Crippen LogP contribution in [0.2, 0.25) is 0 Å². The molecule has 0 amide bonds. The number of halogens is 3. The van der Waals surface area contributed by atoms with Crippen LogP contribution in [0.3, 0.4) is 0 Å². The van der Waals surface area contributed by atoms with Gasteiger partial charge >= 0.3 is 12.1 Å². The van der Waals surface area contributed by atoms with Crippen LogP contribution < -0.4 is 4.90 Å². The Labute approximate surface area is 170 Å². The zero-order valence-corrected chi connectivity index (χ0v) is 16.2. The first kappa shape index (κ1) is 20.9. The quantitative estimate of drug-likeness (QED) is 0.468. The molecule has 0 saturated carbocycles. The van der Waals surface area contributed by atoms with Crippen molar-refractivity contribution >= 4 is 17.7 Å². The van der Waals surface area contributed by atoms with Crippen molar-refractivity contribution in [2.24, 2.45) is 0 Å². The number of furan rings is 1. The number of nitrogens with zero attached hydrogens (tertiary/aromatic N) is 3. The topological polar surface area (TPSA) is 68.5 Å². The van der Waals surface area contributed by atoms with Crippen LogP contribution in [0.15, 0.2) is 47.1 Å². The van der Waals surface area contributed by atoms with Gasteiger partial charge in [-0.1, -0.05) is 11.8 Å². The lowest BCUT2D eigenvalue weighted by Crippen LogP contribution is -2.13. The second kappa shape index (κ2) is 8.29. The van der Waals surface area contributed by atoms with E-state index in [9.17, 15) is 18.0 Å². The van der Waals surface area contributed by atoms with Gasteiger partial charge in [-0.3, -0.25) is 4.90 Å². The Kier molecular flexibility index (Phi) is 5.78. The molecule has 3 rings (SSSR count). The van der Waals surface area contributed by atoms with Gasteiger partial charge in [-0.25, -0.2) is 14.8 Å². The Balaban J connectivity index is 1.94. The van der Waals surface area contributed by atoms with Gasteiger partial charge in [0.05, 0.1) is 23.9 Å². The molecule has 0 spiro atoms. The molecule has 0 aliphatic carbocycles. The van der Waals surface area contributed by atoms with Crippen LogP contribution in [0, 0.1) is 18.8 Å². The fourth-order valence-corrected chi connectivity index (χ4v) is 2.56. The predicted molar refractivity (Wildman–Crippen MR) is 102 cm³/mol. The minimum absolute atomic E-state index is 0.0301. The number of esters is 1. The monoisotopic (exact) mass is 415 g/mol. The van der Waals surface area contributed by atoms with E-state index in [0.717, 1.165) is 12.1 Å². The third-order valence-corrected chi connectivity index (χ3v) is 4.19. The van der Waals surface area contributed by atoms with E-state index < -0.39 is 17.7 Å². The molecule has 0 aliphatic heterocycles. The summed E-state index contributed by atoms with van der Waals surface area (Å²) < 4.78 is 48.2. The number of rotatable bonds is 3. The number of carbonyl (C=O) groups excluding carboxylic acids is 1. The minimum Gasteiger partial charge on any atom is -0.463 e. The number of aryl methyl sites for hydroxylation is 1. The smallest absolute Gasteiger partial charge is 0.416 e. The molecule has 154 valence electrons. The van der Waals surface area contributed by atoms with Crippen molar-refractivity contribution in [3.63, 3.8) is 0 Å². The number of anilines is 2. The fraction of sp³-hybridized carbons (Fsp3) is 0.190. The molecule has 0 saturated heterocycles. The zero-order chi connectivity index (χ0) is 21.9. The summed E-state index contributed by atoms with van der Waals surface area (Å²) in [7, 11) is 2.92. The molecular formula is C21H16F3N3O3. The van der Waals surface area contributed by atoms with Gasteiger partial charge in [0.15, 0.2) is 5.82 Å². The van der Waals surface area contributed by atoms with Crippen LogP contribution in [0.1, 0.15) is 32.9 Å². The number of aromatic nitrogens is 2. The lowest BCUT2D eigenvalue weighted by Gasteiger charge is -2.17. The highest BCUT2D eigenvalue weighted by Crippen LogP contribution is 2.29. The molecule has 0 N–H and O–H groups in total. The summed E-state index contributed by atoms with van der Waals surface area (Å²) in [5, 5.41) is 0. The summed E-state index contributed by atoms with van der Waals surface area (Å²) in [4.78, 5) is 21.5. The Morgan fingerprint density at radius 2 is 1.80 bits per heavy atom. The van der Waals surface area contributed by atoms with Gasteiger partial charge in [0, 0.05) is 18.7 Å². The van der Waals surface area contributed by atoms with Gasteiger partial charge in [0.2, 0.25) is 11.6 Å². The van der Waals surface area contributed by atoms with E-state index in [1.54, 1.807) is 24.9 Å².